The summed E-state index contributed by atoms with van der Waals surface area (Å²) in [5, 5.41) is -0.0553. The molecule has 2 amide bonds. The Hall–Kier alpha value is -1.82. The van der Waals surface area contributed by atoms with Crippen molar-refractivity contribution in [2.75, 3.05) is 26.2 Å². The number of amides is 2. The van der Waals surface area contributed by atoms with Crippen molar-refractivity contribution in [2.24, 2.45) is 0 Å². The first kappa shape index (κ1) is 17.0. The molecule has 0 unspecified atom stereocenters. The van der Waals surface area contributed by atoms with Crippen LogP contribution in [-0.2, 0) is 9.59 Å². The minimum absolute atomic E-state index is 0.00586. The van der Waals surface area contributed by atoms with Gasteiger partial charge in [-0.05, 0) is 25.0 Å². The number of nitrogens with zero attached hydrogens (tertiary/aromatic N) is 2. The van der Waals surface area contributed by atoms with Gasteiger partial charge in [-0.25, -0.2) is 4.39 Å². The van der Waals surface area contributed by atoms with Crippen LogP contribution in [0.4, 0.5) is 4.39 Å². The first-order chi connectivity index (χ1) is 11.5. The molecule has 1 aliphatic carbocycles. The highest BCUT2D eigenvalue weighted by Gasteiger charge is 2.32. The number of hydrogen-bond donors (Lipinski definition) is 0. The van der Waals surface area contributed by atoms with Gasteiger partial charge in [0, 0.05) is 25.2 Å². The molecule has 24 heavy (non-hydrogen) atoms. The van der Waals surface area contributed by atoms with Crippen molar-refractivity contribution in [3.63, 3.8) is 0 Å². The van der Waals surface area contributed by atoms with Gasteiger partial charge >= 0.3 is 0 Å². The second-order valence-corrected chi connectivity index (χ2v) is 6.61. The van der Waals surface area contributed by atoms with Crippen LogP contribution in [0.2, 0.25) is 5.02 Å². The fourth-order valence-electron chi connectivity index (χ4n) is 3.30. The van der Waals surface area contributed by atoms with Crippen LogP contribution in [0.25, 0.3) is 0 Å². The van der Waals surface area contributed by atoms with Gasteiger partial charge in [0.1, 0.15) is 11.6 Å². The molecule has 0 aromatic heterocycles. The highest BCUT2D eigenvalue weighted by Crippen LogP contribution is 2.25. The Morgan fingerprint density at radius 2 is 2.04 bits per heavy atom. The van der Waals surface area contributed by atoms with E-state index in [1.165, 1.54) is 35.9 Å². The normalized spacial score (nSPS) is 19.0. The van der Waals surface area contributed by atoms with E-state index in [9.17, 15) is 14.0 Å². The maximum Gasteiger partial charge on any atom is 0.261 e. The van der Waals surface area contributed by atoms with Crippen LogP contribution >= 0.6 is 11.6 Å². The summed E-state index contributed by atoms with van der Waals surface area (Å²) >= 11 is 5.67. The number of carbonyl (C=O) groups is 2. The van der Waals surface area contributed by atoms with Crippen molar-refractivity contribution in [1.82, 2.24) is 9.80 Å². The molecule has 1 aromatic carbocycles. The summed E-state index contributed by atoms with van der Waals surface area (Å²) in [7, 11) is 0. The summed E-state index contributed by atoms with van der Waals surface area (Å²) in [6.07, 6.45) is 4.47. The van der Waals surface area contributed by atoms with Crippen LogP contribution in [0.3, 0.4) is 0 Å². The molecular weight excluding hydrogens is 335 g/mol. The van der Waals surface area contributed by atoms with Crippen LogP contribution in [-0.4, -0.2) is 53.9 Å². The van der Waals surface area contributed by atoms with Crippen LogP contribution in [0, 0.1) is 5.82 Å². The van der Waals surface area contributed by atoms with Crippen LogP contribution in [0.5, 0.6) is 5.75 Å². The van der Waals surface area contributed by atoms with Gasteiger partial charge in [0.15, 0.2) is 6.61 Å². The molecule has 0 N–H and O–H groups in total. The minimum atomic E-state index is -0.538. The number of carbonyl (C=O) groups excluding carboxylic acids is 2. The number of hydrogen-bond acceptors (Lipinski definition) is 3. The van der Waals surface area contributed by atoms with Crippen LogP contribution in [0.15, 0.2) is 18.2 Å². The Labute approximate surface area is 145 Å². The third-order valence-corrected chi connectivity index (χ3v) is 4.92. The maximum atomic E-state index is 13.1. The second kappa shape index (κ2) is 7.38. The lowest BCUT2D eigenvalue weighted by Gasteiger charge is -2.37. The third kappa shape index (κ3) is 3.80. The van der Waals surface area contributed by atoms with E-state index >= 15 is 0 Å². The molecule has 3 rings (SSSR count). The number of piperazine rings is 1. The number of halogens is 2. The third-order valence-electron chi connectivity index (χ3n) is 4.63. The summed E-state index contributed by atoms with van der Waals surface area (Å²) in [4.78, 5) is 27.9. The quantitative estimate of drug-likeness (QED) is 0.834. The zero-order valence-corrected chi connectivity index (χ0v) is 14.1. The van der Waals surface area contributed by atoms with Crippen molar-refractivity contribution < 1.29 is 18.7 Å². The van der Waals surface area contributed by atoms with Gasteiger partial charge < -0.3 is 14.5 Å². The summed E-state index contributed by atoms with van der Waals surface area (Å²) in [5.74, 6) is -0.462. The van der Waals surface area contributed by atoms with Gasteiger partial charge in [0.05, 0.1) is 11.6 Å². The van der Waals surface area contributed by atoms with Gasteiger partial charge in [-0.3, -0.25) is 9.59 Å². The molecule has 1 saturated heterocycles. The van der Waals surface area contributed by atoms with E-state index in [1.54, 1.807) is 0 Å². The van der Waals surface area contributed by atoms with Gasteiger partial charge in [-0.1, -0.05) is 24.4 Å². The number of benzene rings is 1. The van der Waals surface area contributed by atoms with E-state index in [1.807, 2.05) is 4.90 Å². The lowest BCUT2D eigenvalue weighted by Crippen LogP contribution is -2.55. The fraction of sp³-hybridized carbons (Fsp3) is 0.529. The van der Waals surface area contributed by atoms with Crippen molar-refractivity contribution in [2.45, 2.75) is 31.7 Å². The molecule has 7 heteroatoms. The monoisotopic (exact) mass is 354 g/mol. The Morgan fingerprint density at radius 3 is 2.71 bits per heavy atom. The lowest BCUT2D eigenvalue weighted by molar-refractivity contribution is -0.148. The molecule has 1 saturated carbocycles. The van der Waals surface area contributed by atoms with Crippen molar-refractivity contribution in [3.8, 4) is 5.75 Å². The van der Waals surface area contributed by atoms with Crippen LogP contribution < -0.4 is 4.74 Å². The molecule has 1 aliphatic heterocycles. The predicted molar refractivity (Wildman–Crippen MR) is 87.5 cm³/mol. The Balaban J connectivity index is 1.50. The molecule has 0 radical (unpaired) electrons. The van der Waals surface area contributed by atoms with Gasteiger partial charge in [-0.15, -0.1) is 0 Å². The maximum absolute atomic E-state index is 13.1. The highest BCUT2D eigenvalue weighted by atomic mass is 35.5. The zero-order chi connectivity index (χ0) is 17.1. The zero-order valence-electron chi connectivity index (χ0n) is 13.3. The standard InChI is InChI=1S/C17H20ClFN2O3/c18-14-9-13(5-6-15(14)19)24-11-17(23)20-7-8-21(16(22)10-20)12-3-1-2-4-12/h5-6,9,12H,1-4,7-8,10-11H2. The Bertz CT molecular complexity index is 634. The predicted octanol–water partition coefficient (Wildman–Crippen LogP) is 2.47. The molecule has 2 aliphatic rings. The molecule has 2 fully saturated rings. The van der Waals surface area contributed by atoms with E-state index in [0.29, 0.717) is 24.9 Å². The highest BCUT2D eigenvalue weighted by molar-refractivity contribution is 6.30. The Kier molecular flexibility index (Phi) is 5.23. The van der Waals surface area contributed by atoms with Gasteiger partial charge in [-0.2, -0.15) is 0 Å². The number of rotatable bonds is 4. The summed E-state index contributed by atoms with van der Waals surface area (Å²) in [6, 6.07) is 4.27. The number of ether oxygens (including phenoxy) is 1. The molecule has 5 nitrogen and oxygen atoms in total. The minimum Gasteiger partial charge on any atom is -0.484 e. The molecule has 0 bridgehead atoms. The molecule has 0 spiro atoms. The van der Waals surface area contributed by atoms with Crippen molar-refractivity contribution in [1.29, 1.82) is 0 Å². The Morgan fingerprint density at radius 1 is 1.29 bits per heavy atom. The summed E-state index contributed by atoms with van der Waals surface area (Å²) in [6.45, 7) is 1.01. The average molecular weight is 355 g/mol. The lowest BCUT2D eigenvalue weighted by atomic mass is 10.1. The fourth-order valence-corrected chi connectivity index (χ4v) is 3.47. The molecule has 1 heterocycles. The SMILES string of the molecule is O=C(COc1ccc(F)c(Cl)c1)N1CCN(C2CCCC2)C(=O)C1. The topological polar surface area (TPSA) is 49.9 Å². The molecular formula is C17H20ClFN2O3. The van der Waals surface area contributed by atoms with E-state index in [-0.39, 0.29) is 30.0 Å². The van der Waals surface area contributed by atoms with E-state index in [2.05, 4.69) is 0 Å². The first-order valence-electron chi connectivity index (χ1n) is 8.19. The average Bonchev–Trinajstić information content (AvgIpc) is 3.09. The van der Waals surface area contributed by atoms with E-state index in [0.717, 1.165) is 12.8 Å². The molecule has 1 aromatic rings. The second-order valence-electron chi connectivity index (χ2n) is 6.21. The van der Waals surface area contributed by atoms with Gasteiger partial charge in [0.25, 0.3) is 5.91 Å². The van der Waals surface area contributed by atoms with Gasteiger partial charge in [0.2, 0.25) is 5.91 Å². The van der Waals surface area contributed by atoms with Crippen molar-refractivity contribution >= 4 is 23.4 Å². The smallest absolute Gasteiger partial charge is 0.261 e. The largest absolute Gasteiger partial charge is 0.484 e. The van der Waals surface area contributed by atoms with Crippen molar-refractivity contribution in [3.05, 3.63) is 29.0 Å². The first-order valence-corrected chi connectivity index (χ1v) is 8.57. The van der Waals surface area contributed by atoms with E-state index < -0.39 is 5.82 Å². The molecule has 130 valence electrons. The van der Waals surface area contributed by atoms with E-state index in [4.69, 9.17) is 16.3 Å². The summed E-state index contributed by atoms with van der Waals surface area (Å²) < 4.78 is 18.4. The summed E-state index contributed by atoms with van der Waals surface area (Å²) in [5.41, 5.74) is 0. The van der Waals surface area contributed by atoms with Crippen LogP contribution in [0.1, 0.15) is 25.7 Å². The molecule has 0 atom stereocenters.